The summed E-state index contributed by atoms with van der Waals surface area (Å²) in [4.78, 5) is 16.6. The lowest BCUT2D eigenvalue weighted by atomic mass is 9.95. The molecule has 0 atom stereocenters. The lowest BCUT2D eigenvalue weighted by molar-refractivity contribution is -0.124. The quantitative estimate of drug-likeness (QED) is 0.854. The number of hydrogen-bond acceptors (Lipinski definition) is 3. The molecule has 1 heterocycles. The molecular formula is C18H20Cl2N2O2. The molecule has 0 saturated heterocycles. The Morgan fingerprint density at radius 1 is 1.25 bits per heavy atom. The van der Waals surface area contributed by atoms with E-state index in [-0.39, 0.29) is 18.6 Å². The molecule has 0 unspecified atom stereocenters. The molecule has 1 aromatic carbocycles. The summed E-state index contributed by atoms with van der Waals surface area (Å²) in [5, 5.41) is 4.66. The van der Waals surface area contributed by atoms with Crippen LogP contribution in [0.3, 0.4) is 0 Å². The monoisotopic (exact) mass is 366 g/mol. The van der Waals surface area contributed by atoms with Crippen molar-refractivity contribution in [3.8, 4) is 5.75 Å². The van der Waals surface area contributed by atoms with Gasteiger partial charge in [-0.15, -0.1) is 0 Å². The Labute approximate surface area is 151 Å². The first-order valence-electron chi connectivity index (χ1n) is 8.22. The number of carbonyl (C=O) groups is 1. The van der Waals surface area contributed by atoms with E-state index in [0.717, 1.165) is 23.9 Å². The van der Waals surface area contributed by atoms with Crippen LogP contribution in [0.15, 0.2) is 18.2 Å². The molecule has 0 bridgehead atoms. The molecule has 128 valence electrons. The number of hydrogen-bond donors (Lipinski definition) is 1. The van der Waals surface area contributed by atoms with Gasteiger partial charge in [-0.1, -0.05) is 42.5 Å². The maximum atomic E-state index is 12.1. The highest BCUT2D eigenvalue weighted by Gasteiger charge is 2.18. The Bertz CT molecular complexity index is 758. The molecule has 24 heavy (non-hydrogen) atoms. The largest absolute Gasteiger partial charge is 0.480 e. The van der Waals surface area contributed by atoms with E-state index in [1.54, 1.807) is 6.07 Å². The van der Waals surface area contributed by atoms with Crippen molar-refractivity contribution in [1.82, 2.24) is 10.3 Å². The molecule has 1 aliphatic rings. The number of amides is 1. The lowest BCUT2D eigenvalue weighted by Crippen LogP contribution is -2.39. The van der Waals surface area contributed by atoms with Crippen molar-refractivity contribution in [2.45, 2.75) is 45.1 Å². The van der Waals surface area contributed by atoms with Crippen molar-refractivity contribution in [2.75, 3.05) is 6.61 Å². The van der Waals surface area contributed by atoms with Crippen LogP contribution in [0.4, 0.5) is 0 Å². The molecule has 2 aromatic rings. The van der Waals surface area contributed by atoms with Gasteiger partial charge >= 0.3 is 0 Å². The number of aryl methyl sites for hydroxylation is 1. The van der Waals surface area contributed by atoms with Crippen molar-refractivity contribution in [3.05, 3.63) is 33.9 Å². The lowest BCUT2D eigenvalue weighted by Gasteiger charge is -2.22. The Balaban J connectivity index is 1.74. The SMILES string of the molecule is Cc1ccc2c(Cl)cc(Cl)c(OCC(=O)NC3CCCCC3)c2n1. The van der Waals surface area contributed by atoms with Crippen molar-refractivity contribution < 1.29 is 9.53 Å². The molecule has 1 saturated carbocycles. The van der Waals surface area contributed by atoms with Crippen LogP contribution in [0.1, 0.15) is 37.8 Å². The molecule has 1 N–H and O–H groups in total. The standard InChI is InChI=1S/C18H20Cl2N2O2/c1-11-7-8-13-14(19)9-15(20)18(17(13)21-11)24-10-16(23)22-12-5-3-2-4-6-12/h7-9,12H,2-6,10H2,1H3,(H,22,23). The molecule has 0 spiro atoms. The normalized spacial score (nSPS) is 15.5. The zero-order chi connectivity index (χ0) is 17.1. The van der Waals surface area contributed by atoms with Gasteiger partial charge in [0.05, 0.1) is 10.0 Å². The van der Waals surface area contributed by atoms with E-state index in [9.17, 15) is 4.79 Å². The Hall–Kier alpha value is -1.52. The molecular weight excluding hydrogens is 347 g/mol. The van der Waals surface area contributed by atoms with Gasteiger partial charge in [0.15, 0.2) is 12.4 Å². The Morgan fingerprint density at radius 2 is 2.00 bits per heavy atom. The van der Waals surface area contributed by atoms with Crippen LogP contribution in [0.2, 0.25) is 10.0 Å². The second-order valence-corrected chi connectivity index (χ2v) is 7.02. The van der Waals surface area contributed by atoms with Gasteiger partial charge in [0.1, 0.15) is 5.52 Å². The van der Waals surface area contributed by atoms with Crippen LogP contribution < -0.4 is 10.1 Å². The minimum Gasteiger partial charge on any atom is -0.480 e. The van der Waals surface area contributed by atoms with Crippen LogP contribution in [0, 0.1) is 6.92 Å². The van der Waals surface area contributed by atoms with Gasteiger partial charge in [-0.2, -0.15) is 0 Å². The second kappa shape index (κ2) is 7.58. The molecule has 1 amide bonds. The summed E-state index contributed by atoms with van der Waals surface area (Å²) in [6, 6.07) is 5.64. The number of carbonyl (C=O) groups excluding carboxylic acids is 1. The van der Waals surface area contributed by atoms with E-state index in [0.29, 0.717) is 21.3 Å². The van der Waals surface area contributed by atoms with Crippen molar-refractivity contribution in [1.29, 1.82) is 0 Å². The van der Waals surface area contributed by atoms with Crippen LogP contribution >= 0.6 is 23.2 Å². The van der Waals surface area contributed by atoms with Crippen LogP contribution in [0.25, 0.3) is 10.9 Å². The van der Waals surface area contributed by atoms with Crippen molar-refractivity contribution in [3.63, 3.8) is 0 Å². The van der Waals surface area contributed by atoms with Gasteiger partial charge in [-0.3, -0.25) is 4.79 Å². The molecule has 4 nitrogen and oxygen atoms in total. The predicted octanol–water partition coefficient (Wildman–Crippen LogP) is 4.68. The van der Waals surface area contributed by atoms with Crippen LogP contribution in [-0.2, 0) is 4.79 Å². The fourth-order valence-electron chi connectivity index (χ4n) is 3.08. The van der Waals surface area contributed by atoms with E-state index in [1.165, 1.54) is 19.3 Å². The number of rotatable bonds is 4. The first-order chi connectivity index (χ1) is 11.5. The minimum atomic E-state index is -0.131. The highest BCUT2D eigenvalue weighted by atomic mass is 35.5. The summed E-state index contributed by atoms with van der Waals surface area (Å²) in [7, 11) is 0. The van der Waals surface area contributed by atoms with Crippen LogP contribution in [-0.4, -0.2) is 23.5 Å². The van der Waals surface area contributed by atoms with Crippen LogP contribution in [0.5, 0.6) is 5.75 Å². The third kappa shape index (κ3) is 3.93. The van der Waals surface area contributed by atoms with Gasteiger partial charge in [0, 0.05) is 17.1 Å². The summed E-state index contributed by atoms with van der Waals surface area (Å²) in [5.74, 6) is 0.271. The molecule has 1 aromatic heterocycles. The maximum absolute atomic E-state index is 12.1. The fourth-order valence-corrected chi connectivity index (χ4v) is 3.65. The summed E-state index contributed by atoms with van der Waals surface area (Å²) in [6.07, 6.45) is 5.67. The van der Waals surface area contributed by atoms with E-state index >= 15 is 0 Å². The summed E-state index contributed by atoms with van der Waals surface area (Å²) < 4.78 is 5.70. The smallest absolute Gasteiger partial charge is 0.258 e. The Kier molecular flexibility index (Phi) is 5.47. The van der Waals surface area contributed by atoms with E-state index < -0.39 is 0 Å². The van der Waals surface area contributed by atoms with E-state index in [2.05, 4.69) is 10.3 Å². The summed E-state index contributed by atoms with van der Waals surface area (Å²) in [5.41, 5.74) is 1.41. The number of benzene rings is 1. The number of aromatic nitrogens is 1. The number of nitrogens with one attached hydrogen (secondary N) is 1. The van der Waals surface area contributed by atoms with Crippen molar-refractivity contribution >= 4 is 40.0 Å². The van der Waals surface area contributed by atoms with Gasteiger partial charge in [0.2, 0.25) is 0 Å². The maximum Gasteiger partial charge on any atom is 0.258 e. The number of fused-ring (bicyclic) bond motifs is 1. The first kappa shape index (κ1) is 17.3. The number of nitrogens with zero attached hydrogens (tertiary/aromatic N) is 1. The highest BCUT2D eigenvalue weighted by Crippen LogP contribution is 2.37. The van der Waals surface area contributed by atoms with Gasteiger partial charge in [0.25, 0.3) is 5.91 Å². The molecule has 6 heteroatoms. The summed E-state index contributed by atoms with van der Waals surface area (Å²) in [6.45, 7) is 1.80. The van der Waals surface area contributed by atoms with Crippen molar-refractivity contribution in [2.24, 2.45) is 0 Å². The minimum absolute atomic E-state index is 0.0808. The Morgan fingerprint density at radius 3 is 2.75 bits per heavy atom. The third-order valence-corrected chi connectivity index (χ3v) is 4.89. The summed E-state index contributed by atoms with van der Waals surface area (Å²) >= 11 is 12.5. The third-order valence-electron chi connectivity index (χ3n) is 4.30. The average Bonchev–Trinajstić information content (AvgIpc) is 2.55. The highest BCUT2D eigenvalue weighted by molar-refractivity contribution is 6.39. The van der Waals surface area contributed by atoms with Gasteiger partial charge < -0.3 is 10.1 Å². The van der Waals surface area contributed by atoms with Gasteiger partial charge in [-0.25, -0.2) is 4.98 Å². The fraction of sp³-hybridized carbons (Fsp3) is 0.444. The van der Waals surface area contributed by atoms with Gasteiger partial charge in [-0.05, 0) is 38.0 Å². The number of pyridine rings is 1. The second-order valence-electron chi connectivity index (χ2n) is 6.21. The van der Waals surface area contributed by atoms with E-state index in [1.807, 2.05) is 19.1 Å². The van der Waals surface area contributed by atoms with E-state index in [4.69, 9.17) is 27.9 Å². The zero-order valence-corrected chi connectivity index (χ0v) is 15.1. The predicted molar refractivity (Wildman–Crippen MR) is 97.0 cm³/mol. The molecule has 1 aliphatic carbocycles. The molecule has 0 radical (unpaired) electrons. The zero-order valence-electron chi connectivity index (χ0n) is 13.6. The number of halogens is 2. The number of ether oxygens (including phenoxy) is 1. The topological polar surface area (TPSA) is 51.2 Å². The molecule has 0 aliphatic heterocycles. The first-order valence-corrected chi connectivity index (χ1v) is 8.97. The average molecular weight is 367 g/mol. The molecule has 3 rings (SSSR count). The molecule has 1 fully saturated rings.